The van der Waals surface area contributed by atoms with E-state index in [1.807, 2.05) is 0 Å². The summed E-state index contributed by atoms with van der Waals surface area (Å²) in [5, 5.41) is 0.459. The van der Waals surface area contributed by atoms with Crippen LogP contribution in [0.4, 0.5) is 0 Å². The molecule has 0 atom stereocenters. The normalized spacial score (nSPS) is 13.1. The monoisotopic (exact) mass is 290 g/mol. The second kappa shape index (κ2) is 5.06. The summed E-state index contributed by atoms with van der Waals surface area (Å²) in [6.07, 6.45) is 3.10. The first-order valence-corrected chi connectivity index (χ1v) is 6.39. The van der Waals surface area contributed by atoms with Gasteiger partial charge in [0.2, 0.25) is 12.6 Å². The van der Waals surface area contributed by atoms with Crippen LogP contribution in [0.5, 0.6) is 11.5 Å². The highest BCUT2D eigenvalue weighted by Crippen LogP contribution is 2.40. The first-order chi connectivity index (χ1) is 9.63. The highest BCUT2D eigenvalue weighted by molar-refractivity contribution is 6.32. The van der Waals surface area contributed by atoms with Crippen molar-refractivity contribution in [2.24, 2.45) is 0 Å². The molecule has 0 aliphatic carbocycles. The summed E-state index contributed by atoms with van der Waals surface area (Å²) in [4.78, 5) is 11.9. The van der Waals surface area contributed by atoms with Gasteiger partial charge in [0.25, 0.3) is 0 Å². The molecule has 2 heterocycles. The van der Waals surface area contributed by atoms with Crippen molar-refractivity contribution < 1.29 is 18.7 Å². The molecular formula is C15H11ClO4. The van der Waals surface area contributed by atoms with Gasteiger partial charge in [-0.2, -0.15) is 0 Å². The average molecular weight is 291 g/mol. The largest absolute Gasteiger partial charge is 0.458 e. The summed E-state index contributed by atoms with van der Waals surface area (Å²) >= 11 is 6.07. The molecule has 1 aliphatic rings. The molecule has 3 rings (SSSR count). The summed E-state index contributed by atoms with van der Waals surface area (Å²) in [5.74, 6) is 1.93. The number of ether oxygens (including phenoxy) is 2. The van der Waals surface area contributed by atoms with Crippen molar-refractivity contribution in [3.63, 3.8) is 0 Å². The molecule has 20 heavy (non-hydrogen) atoms. The number of rotatable bonds is 3. The van der Waals surface area contributed by atoms with Crippen molar-refractivity contribution in [2.45, 2.75) is 6.92 Å². The molecular weight excluding hydrogens is 280 g/mol. The van der Waals surface area contributed by atoms with E-state index >= 15 is 0 Å². The first kappa shape index (κ1) is 12.8. The van der Waals surface area contributed by atoms with Gasteiger partial charge in [-0.3, -0.25) is 4.79 Å². The van der Waals surface area contributed by atoms with Crippen molar-refractivity contribution in [1.29, 1.82) is 0 Å². The van der Waals surface area contributed by atoms with Crippen LogP contribution in [-0.2, 0) is 0 Å². The maximum Gasteiger partial charge on any atom is 0.231 e. The minimum atomic E-state index is -0.202. The molecule has 0 radical (unpaired) electrons. The summed E-state index contributed by atoms with van der Waals surface area (Å²) < 4.78 is 15.8. The first-order valence-electron chi connectivity index (χ1n) is 6.01. The predicted molar refractivity (Wildman–Crippen MR) is 74.4 cm³/mol. The Balaban J connectivity index is 1.83. The lowest BCUT2D eigenvalue weighted by molar-refractivity contribution is 0.102. The number of carbonyl (C=O) groups is 1. The van der Waals surface area contributed by atoms with E-state index in [2.05, 4.69) is 0 Å². The second-order valence-electron chi connectivity index (χ2n) is 4.34. The zero-order valence-corrected chi connectivity index (χ0v) is 11.4. The number of furan rings is 1. The Labute approximate surface area is 120 Å². The summed E-state index contributed by atoms with van der Waals surface area (Å²) in [6.45, 7) is 1.95. The maximum atomic E-state index is 11.9. The lowest BCUT2D eigenvalue weighted by atomic mass is 10.1. The van der Waals surface area contributed by atoms with E-state index in [0.717, 1.165) is 5.56 Å². The lowest BCUT2D eigenvalue weighted by Gasteiger charge is -2.00. The molecule has 1 aromatic carbocycles. The number of fused-ring (bicyclic) bond motifs is 1. The van der Waals surface area contributed by atoms with Crippen molar-refractivity contribution in [2.75, 3.05) is 6.79 Å². The lowest BCUT2D eigenvalue weighted by Crippen LogP contribution is -1.93. The predicted octanol–water partition coefficient (Wildman–Crippen LogP) is 3.87. The highest BCUT2D eigenvalue weighted by Gasteiger charge is 2.17. The van der Waals surface area contributed by atoms with Crippen LogP contribution in [0.3, 0.4) is 0 Å². The van der Waals surface area contributed by atoms with Crippen LogP contribution in [0.2, 0.25) is 5.02 Å². The van der Waals surface area contributed by atoms with Gasteiger partial charge in [0.05, 0.1) is 5.02 Å². The average Bonchev–Trinajstić information content (AvgIpc) is 3.04. The Morgan fingerprint density at radius 1 is 1.30 bits per heavy atom. The molecule has 0 bridgehead atoms. The number of benzene rings is 1. The second-order valence-corrected chi connectivity index (χ2v) is 4.75. The number of allylic oxidation sites excluding steroid dienone is 1. The summed E-state index contributed by atoms with van der Waals surface area (Å²) in [5.41, 5.74) is 0.760. The van der Waals surface area contributed by atoms with Crippen LogP contribution in [0.1, 0.15) is 21.9 Å². The summed E-state index contributed by atoms with van der Waals surface area (Å²) in [7, 11) is 0. The topological polar surface area (TPSA) is 48.7 Å². The van der Waals surface area contributed by atoms with Crippen LogP contribution in [-0.4, -0.2) is 12.6 Å². The van der Waals surface area contributed by atoms with Gasteiger partial charge in [-0.15, -0.1) is 0 Å². The molecule has 0 saturated carbocycles. The maximum absolute atomic E-state index is 11.9. The van der Waals surface area contributed by atoms with Crippen molar-refractivity contribution in [1.82, 2.24) is 0 Å². The van der Waals surface area contributed by atoms with E-state index < -0.39 is 0 Å². The Morgan fingerprint density at radius 2 is 2.15 bits per heavy atom. The number of hydrogen-bond donors (Lipinski definition) is 0. The van der Waals surface area contributed by atoms with Crippen molar-refractivity contribution >= 4 is 23.5 Å². The molecule has 5 heteroatoms. The molecule has 0 N–H and O–H groups in total. The Morgan fingerprint density at radius 3 is 2.90 bits per heavy atom. The van der Waals surface area contributed by atoms with Gasteiger partial charge >= 0.3 is 0 Å². The van der Waals surface area contributed by atoms with Crippen molar-refractivity contribution in [3.8, 4) is 11.5 Å². The fourth-order valence-corrected chi connectivity index (χ4v) is 2.18. The number of carbonyl (C=O) groups excluding carboxylic acids is 1. The molecule has 0 saturated heterocycles. The SMILES string of the molecule is Cc1ccc(C(=O)/C=C/c2cc(Cl)c3c(c2)OCO3)o1. The molecule has 0 amide bonds. The van der Waals surface area contributed by atoms with Crippen LogP contribution >= 0.6 is 11.6 Å². The van der Waals surface area contributed by atoms with Gasteiger partial charge in [0.1, 0.15) is 5.76 Å². The third kappa shape index (κ3) is 2.42. The summed E-state index contributed by atoms with van der Waals surface area (Å²) in [6, 6.07) is 6.88. The van der Waals surface area contributed by atoms with E-state index in [1.54, 1.807) is 37.3 Å². The van der Waals surface area contributed by atoms with Gasteiger partial charge in [0, 0.05) is 0 Å². The third-order valence-electron chi connectivity index (χ3n) is 2.86. The standard InChI is InChI=1S/C15H11ClO4/c1-9-2-5-13(20-9)12(17)4-3-10-6-11(16)15-14(7-10)18-8-19-15/h2-7H,8H2,1H3/b4-3+. The molecule has 1 aliphatic heterocycles. The fourth-order valence-electron chi connectivity index (χ4n) is 1.90. The highest BCUT2D eigenvalue weighted by atomic mass is 35.5. The van der Waals surface area contributed by atoms with Gasteiger partial charge in [-0.25, -0.2) is 0 Å². The zero-order valence-electron chi connectivity index (χ0n) is 10.7. The molecule has 4 nitrogen and oxygen atoms in total. The number of halogens is 1. The van der Waals surface area contributed by atoms with Crippen LogP contribution in [0, 0.1) is 6.92 Å². The van der Waals surface area contributed by atoms with E-state index in [1.165, 1.54) is 6.08 Å². The smallest absolute Gasteiger partial charge is 0.231 e. The Kier molecular flexibility index (Phi) is 3.24. The van der Waals surface area contributed by atoms with E-state index in [9.17, 15) is 4.79 Å². The van der Waals surface area contributed by atoms with Gasteiger partial charge < -0.3 is 13.9 Å². The number of hydrogen-bond acceptors (Lipinski definition) is 4. The van der Waals surface area contributed by atoms with E-state index in [4.69, 9.17) is 25.5 Å². The molecule has 2 aromatic rings. The number of aryl methyl sites for hydroxylation is 1. The minimum absolute atomic E-state index is 0.160. The molecule has 0 spiro atoms. The van der Waals surface area contributed by atoms with Gasteiger partial charge in [-0.1, -0.05) is 17.7 Å². The minimum Gasteiger partial charge on any atom is -0.458 e. The molecule has 102 valence electrons. The molecule has 1 aromatic heterocycles. The van der Waals surface area contributed by atoms with Gasteiger partial charge in [0.15, 0.2) is 17.3 Å². The fraction of sp³-hybridized carbons (Fsp3) is 0.133. The Bertz CT molecular complexity index is 700. The van der Waals surface area contributed by atoms with Crippen LogP contribution in [0.15, 0.2) is 34.8 Å². The van der Waals surface area contributed by atoms with E-state index in [-0.39, 0.29) is 12.6 Å². The molecule has 0 fully saturated rings. The van der Waals surface area contributed by atoms with Crippen LogP contribution in [0.25, 0.3) is 6.08 Å². The molecule has 0 unspecified atom stereocenters. The zero-order chi connectivity index (χ0) is 14.1. The van der Waals surface area contributed by atoms with Crippen molar-refractivity contribution in [3.05, 3.63) is 52.4 Å². The third-order valence-corrected chi connectivity index (χ3v) is 3.14. The van der Waals surface area contributed by atoms with E-state index in [0.29, 0.717) is 28.0 Å². The quantitative estimate of drug-likeness (QED) is 0.636. The van der Waals surface area contributed by atoms with Crippen LogP contribution < -0.4 is 9.47 Å². The van der Waals surface area contributed by atoms with Gasteiger partial charge in [-0.05, 0) is 42.8 Å². The Hall–Kier alpha value is -2.20. The number of ketones is 1.